The number of methoxy groups -OCH3 is 1. The fraction of sp³-hybridized carbons (Fsp3) is 0.348. The van der Waals surface area contributed by atoms with E-state index in [1.165, 1.54) is 58.6 Å². The molecule has 0 aliphatic carbocycles. The molecule has 1 aliphatic rings. The second-order valence-electron chi connectivity index (χ2n) is 8.75. The minimum atomic E-state index is -3.30. The van der Waals surface area contributed by atoms with Crippen LogP contribution in [0, 0.1) is 5.82 Å². The van der Waals surface area contributed by atoms with Crippen LogP contribution in [0.3, 0.4) is 0 Å². The van der Waals surface area contributed by atoms with Gasteiger partial charge in [0.05, 0.1) is 35.0 Å². The molecule has 3 heterocycles. The predicted octanol–water partition coefficient (Wildman–Crippen LogP) is 3.67. The number of nitrogens with zero attached hydrogens (tertiary/aromatic N) is 5. The highest BCUT2D eigenvalue weighted by Crippen LogP contribution is 2.41. The number of aromatic nitrogens is 3. The van der Waals surface area contributed by atoms with Crippen molar-refractivity contribution in [3.05, 3.63) is 48.0 Å². The summed E-state index contributed by atoms with van der Waals surface area (Å²) in [6, 6.07) is 5.33. The van der Waals surface area contributed by atoms with Crippen molar-refractivity contribution in [3.8, 4) is 28.6 Å². The lowest BCUT2D eigenvalue weighted by molar-refractivity contribution is 0.199. The molecule has 2 atom stereocenters. The number of amidine groups is 1. The first-order valence-corrected chi connectivity index (χ1v) is 12.6. The van der Waals surface area contributed by atoms with Gasteiger partial charge in [-0.15, -0.1) is 0 Å². The van der Waals surface area contributed by atoms with Crippen LogP contribution < -0.4 is 10.1 Å². The molecule has 0 bridgehead atoms. The van der Waals surface area contributed by atoms with Gasteiger partial charge in [0.15, 0.2) is 23.0 Å². The summed E-state index contributed by atoms with van der Waals surface area (Å²) >= 11 is 0. The number of hydrogen-bond donors (Lipinski definition) is 2. The monoisotopic (exact) mass is 534 g/mol. The zero-order valence-corrected chi connectivity index (χ0v) is 21.2. The van der Waals surface area contributed by atoms with Crippen LogP contribution in [-0.4, -0.2) is 67.7 Å². The van der Waals surface area contributed by atoms with E-state index < -0.39 is 44.4 Å². The Bertz CT molecular complexity index is 1500. The molecular formula is C23H24F2N6O5S. The third kappa shape index (κ3) is 4.52. The molecule has 0 saturated carbocycles. The lowest BCUT2D eigenvalue weighted by Crippen LogP contribution is -2.58. The Hall–Kier alpha value is -3.94. The number of nitrogens with one attached hydrogen (secondary N) is 1. The Balaban J connectivity index is 1.83. The number of rotatable bonds is 5. The number of hydrogen-bond acceptors (Lipinski definition) is 9. The molecule has 1 amide bonds. The minimum absolute atomic E-state index is 0.203. The molecule has 0 radical (unpaired) electrons. The molecule has 0 fully saturated rings. The van der Waals surface area contributed by atoms with Gasteiger partial charge in [0.25, 0.3) is 0 Å². The first-order chi connectivity index (χ1) is 17.5. The Kier molecular flexibility index (Phi) is 6.71. The van der Waals surface area contributed by atoms with Crippen molar-refractivity contribution < 1.29 is 32.2 Å². The minimum Gasteiger partial charge on any atom is -0.494 e. The number of alkyl halides is 1. The van der Waals surface area contributed by atoms with E-state index in [0.717, 1.165) is 6.07 Å². The zero-order valence-electron chi connectivity index (χ0n) is 20.4. The predicted molar refractivity (Wildman–Crippen MR) is 131 cm³/mol. The first kappa shape index (κ1) is 26.1. The summed E-state index contributed by atoms with van der Waals surface area (Å²) < 4.78 is 56.9. The molecule has 1 aromatic carbocycles. The number of benzene rings is 1. The topological polar surface area (TPSA) is 152 Å². The van der Waals surface area contributed by atoms with Gasteiger partial charge in [-0.3, -0.25) is 10.3 Å². The van der Waals surface area contributed by atoms with Gasteiger partial charge in [-0.1, -0.05) is 5.16 Å². The molecule has 3 aromatic rings. The molecule has 0 saturated heterocycles. The van der Waals surface area contributed by atoms with Gasteiger partial charge >= 0.3 is 6.09 Å². The highest BCUT2D eigenvalue weighted by atomic mass is 32.2. The van der Waals surface area contributed by atoms with Crippen molar-refractivity contribution in [2.24, 2.45) is 9.36 Å². The summed E-state index contributed by atoms with van der Waals surface area (Å²) in [6.45, 7) is 1.72. The standard InChI is InChI=1S/C23H24F2N6O5S/c1-22(2)20(29-21(32)33)30-23(11-24,12-37(22,34)26-3)15-7-13(5-6-16(15)25)18-8-17(31-36-18)19-27-9-14(35-4)10-28-19/h5-10H,11-12H2,1-4H3,(H,29,30)(H,32,33)/t23-,37?/m0/s1. The molecule has 0 spiro atoms. The van der Waals surface area contributed by atoms with Crippen molar-refractivity contribution in [2.45, 2.75) is 24.1 Å². The maximum atomic E-state index is 15.2. The Morgan fingerprint density at radius 2 is 2.00 bits per heavy atom. The van der Waals surface area contributed by atoms with Crippen molar-refractivity contribution in [1.29, 1.82) is 0 Å². The lowest BCUT2D eigenvalue weighted by atomic mass is 9.90. The summed E-state index contributed by atoms with van der Waals surface area (Å²) in [4.78, 5) is 24.0. The number of ether oxygens (including phenoxy) is 1. The van der Waals surface area contributed by atoms with Crippen molar-refractivity contribution >= 4 is 21.7 Å². The lowest BCUT2D eigenvalue weighted by Gasteiger charge is -2.41. The average Bonchev–Trinajstić information content (AvgIpc) is 3.37. The highest BCUT2D eigenvalue weighted by molar-refractivity contribution is 7.95. The second-order valence-corrected chi connectivity index (χ2v) is 11.7. The maximum Gasteiger partial charge on any atom is 0.410 e. The van der Waals surface area contributed by atoms with E-state index in [1.54, 1.807) is 0 Å². The van der Waals surface area contributed by atoms with E-state index in [4.69, 9.17) is 9.26 Å². The number of carboxylic acid groups (broad SMARTS) is 1. The van der Waals surface area contributed by atoms with Gasteiger partial charge in [0, 0.05) is 24.2 Å². The normalized spacial score (nSPS) is 22.7. The van der Waals surface area contributed by atoms with Crippen LogP contribution in [0.5, 0.6) is 5.75 Å². The fourth-order valence-electron chi connectivity index (χ4n) is 3.99. The summed E-state index contributed by atoms with van der Waals surface area (Å²) in [5.41, 5.74) is -1.62. The number of carbonyl (C=O) groups is 1. The van der Waals surface area contributed by atoms with E-state index in [0.29, 0.717) is 17.0 Å². The molecule has 196 valence electrons. The number of amides is 1. The molecule has 1 unspecified atom stereocenters. The largest absolute Gasteiger partial charge is 0.494 e. The van der Waals surface area contributed by atoms with E-state index in [1.807, 2.05) is 0 Å². The van der Waals surface area contributed by atoms with Gasteiger partial charge < -0.3 is 14.4 Å². The van der Waals surface area contributed by atoms with Gasteiger partial charge in [-0.2, -0.15) is 0 Å². The molecule has 37 heavy (non-hydrogen) atoms. The molecule has 4 rings (SSSR count). The molecule has 2 aromatic heterocycles. The van der Waals surface area contributed by atoms with E-state index in [9.17, 15) is 18.5 Å². The Morgan fingerprint density at radius 1 is 1.30 bits per heavy atom. The molecule has 14 heteroatoms. The summed E-state index contributed by atoms with van der Waals surface area (Å²) in [7, 11) is -0.529. The molecule has 1 aliphatic heterocycles. The van der Waals surface area contributed by atoms with E-state index >= 15 is 4.39 Å². The Labute approximate surface area is 211 Å². The first-order valence-electron chi connectivity index (χ1n) is 10.9. The SMILES string of the molecule is CN=S1(=O)C[C@@](CF)(c2cc(-c3cc(-c4ncc(OC)cn4)no3)ccc2F)N=C(NC(=O)O)C1(C)C. The third-order valence-electron chi connectivity index (χ3n) is 6.22. The third-order valence-corrected chi connectivity index (χ3v) is 9.47. The van der Waals surface area contributed by atoms with Crippen LogP contribution in [-0.2, 0) is 15.3 Å². The van der Waals surface area contributed by atoms with Crippen LogP contribution >= 0.6 is 0 Å². The van der Waals surface area contributed by atoms with Crippen molar-refractivity contribution in [2.75, 3.05) is 26.6 Å². The van der Waals surface area contributed by atoms with Crippen LogP contribution in [0.1, 0.15) is 19.4 Å². The summed E-state index contributed by atoms with van der Waals surface area (Å²) in [6.07, 6.45) is 1.43. The zero-order chi connectivity index (χ0) is 27.0. The maximum absolute atomic E-state index is 15.2. The van der Waals surface area contributed by atoms with Crippen LogP contribution in [0.15, 0.2) is 50.5 Å². The fourth-order valence-corrected chi connectivity index (χ4v) is 6.28. The van der Waals surface area contributed by atoms with Gasteiger partial charge in [0.1, 0.15) is 28.6 Å². The van der Waals surface area contributed by atoms with Crippen LogP contribution in [0.2, 0.25) is 0 Å². The van der Waals surface area contributed by atoms with E-state index in [2.05, 4.69) is 29.8 Å². The molecular weight excluding hydrogens is 510 g/mol. The molecule has 2 N–H and O–H groups in total. The number of halogens is 2. The summed E-state index contributed by atoms with van der Waals surface area (Å²) in [5.74, 6) is -0.651. The van der Waals surface area contributed by atoms with Gasteiger partial charge in [-0.25, -0.2) is 32.1 Å². The van der Waals surface area contributed by atoms with Crippen LogP contribution in [0.4, 0.5) is 13.6 Å². The van der Waals surface area contributed by atoms with Crippen molar-refractivity contribution in [3.63, 3.8) is 0 Å². The quantitative estimate of drug-likeness (QED) is 0.503. The van der Waals surface area contributed by atoms with Crippen molar-refractivity contribution in [1.82, 2.24) is 20.4 Å². The highest BCUT2D eigenvalue weighted by Gasteiger charge is 2.51. The average molecular weight is 535 g/mol. The van der Waals surface area contributed by atoms with Gasteiger partial charge in [0.2, 0.25) is 0 Å². The smallest absolute Gasteiger partial charge is 0.410 e. The number of aliphatic imine (C=N–C) groups is 1. The molecule has 11 nitrogen and oxygen atoms in total. The van der Waals surface area contributed by atoms with Gasteiger partial charge in [-0.05, 0) is 32.0 Å². The van der Waals surface area contributed by atoms with Crippen LogP contribution in [0.25, 0.3) is 22.8 Å². The summed E-state index contributed by atoms with van der Waals surface area (Å²) in [5, 5.41) is 15.4. The second kappa shape index (κ2) is 9.50. The van der Waals surface area contributed by atoms with E-state index in [-0.39, 0.29) is 23.0 Å². The Morgan fingerprint density at radius 3 is 2.59 bits per heavy atom.